The van der Waals surface area contributed by atoms with E-state index in [1.807, 2.05) is 61.7 Å². The van der Waals surface area contributed by atoms with Gasteiger partial charge >= 0.3 is 0 Å². The van der Waals surface area contributed by atoms with E-state index in [0.29, 0.717) is 29.0 Å². The topological polar surface area (TPSA) is 69.0 Å². The van der Waals surface area contributed by atoms with Crippen LogP contribution in [-0.2, 0) is 17.9 Å². The molecule has 152 valence electrons. The fraction of sp³-hybridized carbons (Fsp3) is 0.286. The minimum atomic E-state index is -0.127. The highest BCUT2D eigenvalue weighted by atomic mass is 35.5. The van der Waals surface area contributed by atoms with E-state index in [0.717, 1.165) is 22.7 Å². The van der Waals surface area contributed by atoms with E-state index in [1.54, 1.807) is 6.07 Å². The predicted molar refractivity (Wildman–Crippen MR) is 117 cm³/mol. The first-order valence-corrected chi connectivity index (χ1v) is 10.6. The molecular weight excluding hydrogens is 408 g/mol. The molecule has 0 aliphatic rings. The number of carbonyl (C=O) groups is 1. The Morgan fingerprint density at radius 1 is 1.21 bits per heavy atom. The zero-order chi connectivity index (χ0) is 20.8. The van der Waals surface area contributed by atoms with Gasteiger partial charge in [-0.25, -0.2) is 0 Å². The Labute approximate surface area is 179 Å². The van der Waals surface area contributed by atoms with Gasteiger partial charge in [0.15, 0.2) is 11.0 Å². The van der Waals surface area contributed by atoms with Crippen molar-refractivity contribution in [3.05, 3.63) is 64.4 Å². The second-order valence-corrected chi connectivity index (χ2v) is 7.90. The molecule has 0 spiro atoms. The van der Waals surface area contributed by atoms with Crippen molar-refractivity contribution in [1.29, 1.82) is 0 Å². The molecule has 0 saturated heterocycles. The van der Waals surface area contributed by atoms with Gasteiger partial charge in [0.2, 0.25) is 5.91 Å². The van der Waals surface area contributed by atoms with Crippen molar-refractivity contribution in [3.63, 3.8) is 0 Å². The van der Waals surface area contributed by atoms with Crippen molar-refractivity contribution >= 4 is 35.0 Å². The summed E-state index contributed by atoms with van der Waals surface area (Å²) in [5.74, 6) is 1.61. The Kier molecular flexibility index (Phi) is 7.17. The van der Waals surface area contributed by atoms with Crippen LogP contribution in [0.1, 0.15) is 23.9 Å². The van der Waals surface area contributed by atoms with Crippen molar-refractivity contribution in [2.45, 2.75) is 39.1 Å². The molecule has 0 fully saturated rings. The standard InChI is InChI=1S/C21H23ClN4O2S/c1-4-26-19(12-28-17-7-5-6-14(2)10-17)24-25-21(26)29-13-20(27)23-16-9-8-15(3)18(22)11-16/h5-11H,4,12-13H2,1-3H3,(H,23,27). The molecule has 0 aliphatic heterocycles. The molecule has 0 aliphatic carbocycles. The van der Waals surface area contributed by atoms with Crippen molar-refractivity contribution in [2.24, 2.45) is 0 Å². The lowest BCUT2D eigenvalue weighted by molar-refractivity contribution is -0.113. The zero-order valence-corrected chi connectivity index (χ0v) is 18.2. The maximum absolute atomic E-state index is 12.3. The summed E-state index contributed by atoms with van der Waals surface area (Å²) < 4.78 is 7.78. The maximum atomic E-state index is 12.3. The summed E-state index contributed by atoms with van der Waals surface area (Å²) in [5, 5.41) is 12.6. The first-order chi connectivity index (χ1) is 14.0. The number of thioether (sulfide) groups is 1. The van der Waals surface area contributed by atoms with Crippen LogP contribution in [0.25, 0.3) is 0 Å². The number of nitrogens with one attached hydrogen (secondary N) is 1. The molecule has 0 unspecified atom stereocenters. The summed E-state index contributed by atoms with van der Waals surface area (Å²) in [6.45, 7) is 6.96. The number of aryl methyl sites for hydroxylation is 2. The molecule has 29 heavy (non-hydrogen) atoms. The summed E-state index contributed by atoms with van der Waals surface area (Å²) in [6, 6.07) is 13.3. The molecule has 3 aromatic rings. The first-order valence-electron chi connectivity index (χ1n) is 9.26. The number of hydrogen-bond acceptors (Lipinski definition) is 5. The van der Waals surface area contributed by atoms with Crippen LogP contribution in [-0.4, -0.2) is 26.4 Å². The number of amides is 1. The van der Waals surface area contributed by atoms with Crippen LogP contribution in [0, 0.1) is 13.8 Å². The number of ether oxygens (including phenoxy) is 1. The van der Waals surface area contributed by atoms with Crippen molar-refractivity contribution in [2.75, 3.05) is 11.1 Å². The van der Waals surface area contributed by atoms with Gasteiger partial charge in [0.05, 0.1) is 5.75 Å². The van der Waals surface area contributed by atoms with E-state index in [4.69, 9.17) is 16.3 Å². The lowest BCUT2D eigenvalue weighted by Crippen LogP contribution is -2.15. The van der Waals surface area contributed by atoms with Gasteiger partial charge in [0, 0.05) is 17.3 Å². The second kappa shape index (κ2) is 9.80. The first kappa shape index (κ1) is 21.2. The predicted octanol–water partition coefficient (Wildman–Crippen LogP) is 4.88. The highest BCUT2D eigenvalue weighted by Crippen LogP contribution is 2.22. The number of nitrogens with zero attached hydrogens (tertiary/aromatic N) is 3. The molecule has 3 rings (SSSR count). The van der Waals surface area contributed by atoms with Crippen LogP contribution in [0.5, 0.6) is 5.75 Å². The minimum Gasteiger partial charge on any atom is -0.486 e. The third-order valence-electron chi connectivity index (χ3n) is 4.26. The van der Waals surface area contributed by atoms with Crippen molar-refractivity contribution < 1.29 is 9.53 Å². The van der Waals surface area contributed by atoms with Crippen LogP contribution in [0.3, 0.4) is 0 Å². The SMILES string of the molecule is CCn1c(COc2cccc(C)c2)nnc1SCC(=O)Nc1ccc(C)c(Cl)c1. The lowest BCUT2D eigenvalue weighted by Gasteiger charge is -2.09. The summed E-state index contributed by atoms with van der Waals surface area (Å²) >= 11 is 7.45. The zero-order valence-electron chi connectivity index (χ0n) is 16.6. The number of halogens is 1. The fourth-order valence-electron chi connectivity index (χ4n) is 2.70. The molecule has 1 N–H and O–H groups in total. The van der Waals surface area contributed by atoms with Gasteiger partial charge in [0.25, 0.3) is 0 Å². The molecule has 0 saturated carbocycles. The second-order valence-electron chi connectivity index (χ2n) is 6.55. The number of benzene rings is 2. The molecule has 2 aromatic carbocycles. The van der Waals surface area contributed by atoms with E-state index >= 15 is 0 Å². The average molecular weight is 431 g/mol. The summed E-state index contributed by atoms with van der Waals surface area (Å²) in [6.07, 6.45) is 0. The molecule has 0 radical (unpaired) electrons. The number of aromatic nitrogens is 3. The minimum absolute atomic E-state index is 0.127. The van der Waals surface area contributed by atoms with Crippen LogP contribution in [0.15, 0.2) is 47.6 Å². The third-order valence-corrected chi connectivity index (χ3v) is 5.63. The van der Waals surface area contributed by atoms with Crippen LogP contribution in [0.4, 0.5) is 5.69 Å². The summed E-state index contributed by atoms with van der Waals surface area (Å²) in [7, 11) is 0. The van der Waals surface area contributed by atoms with E-state index < -0.39 is 0 Å². The molecular formula is C21H23ClN4O2S. The Morgan fingerprint density at radius 3 is 2.76 bits per heavy atom. The van der Waals surface area contributed by atoms with Gasteiger partial charge < -0.3 is 14.6 Å². The molecule has 0 atom stereocenters. The third kappa shape index (κ3) is 5.74. The van der Waals surface area contributed by atoms with Crippen molar-refractivity contribution in [3.8, 4) is 5.75 Å². The Hall–Kier alpha value is -2.51. The smallest absolute Gasteiger partial charge is 0.234 e. The number of rotatable bonds is 8. The summed E-state index contributed by atoms with van der Waals surface area (Å²) in [5.41, 5.74) is 2.78. The number of hydrogen-bond donors (Lipinski definition) is 1. The van der Waals surface area contributed by atoms with Gasteiger partial charge in [-0.1, -0.05) is 41.6 Å². The number of carbonyl (C=O) groups excluding carboxylic acids is 1. The molecule has 8 heteroatoms. The Bertz CT molecular complexity index is 1010. The van der Waals surface area contributed by atoms with Gasteiger partial charge in [-0.2, -0.15) is 0 Å². The monoisotopic (exact) mass is 430 g/mol. The molecule has 1 heterocycles. The van der Waals surface area contributed by atoms with Gasteiger partial charge in [-0.15, -0.1) is 10.2 Å². The normalized spacial score (nSPS) is 10.8. The summed E-state index contributed by atoms with van der Waals surface area (Å²) in [4.78, 5) is 12.3. The van der Waals surface area contributed by atoms with Gasteiger partial charge in [0.1, 0.15) is 12.4 Å². The van der Waals surface area contributed by atoms with Crippen LogP contribution in [0.2, 0.25) is 5.02 Å². The molecule has 1 amide bonds. The molecule has 0 bridgehead atoms. The van der Waals surface area contributed by atoms with Crippen molar-refractivity contribution in [1.82, 2.24) is 14.8 Å². The highest BCUT2D eigenvalue weighted by Gasteiger charge is 2.14. The maximum Gasteiger partial charge on any atom is 0.234 e. The number of anilines is 1. The Balaban J connectivity index is 1.58. The average Bonchev–Trinajstić information content (AvgIpc) is 3.09. The quantitative estimate of drug-likeness (QED) is 0.516. The Morgan fingerprint density at radius 2 is 2.03 bits per heavy atom. The largest absolute Gasteiger partial charge is 0.486 e. The highest BCUT2D eigenvalue weighted by molar-refractivity contribution is 7.99. The molecule has 1 aromatic heterocycles. The fourth-order valence-corrected chi connectivity index (χ4v) is 3.70. The van der Waals surface area contributed by atoms with E-state index in [9.17, 15) is 4.79 Å². The lowest BCUT2D eigenvalue weighted by atomic mass is 10.2. The van der Waals surface area contributed by atoms with E-state index in [2.05, 4.69) is 15.5 Å². The van der Waals surface area contributed by atoms with E-state index in [-0.39, 0.29) is 11.7 Å². The van der Waals surface area contributed by atoms with Crippen LogP contribution < -0.4 is 10.1 Å². The molecule has 6 nitrogen and oxygen atoms in total. The van der Waals surface area contributed by atoms with Crippen LogP contribution >= 0.6 is 23.4 Å². The van der Waals surface area contributed by atoms with E-state index in [1.165, 1.54) is 11.8 Å². The van der Waals surface area contributed by atoms with Gasteiger partial charge in [-0.3, -0.25) is 4.79 Å². The van der Waals surface area contributed by atoms with Gasteiger partial charge in [-0.05, 0) is 56.2 Å².